The minimum Gasteiger partial charge on any atom is -0.481 e. The molecule has 0 bridgehead atoms. The van der Waals surface area contributed by atoms with E-state index in [9.17, 15) is 19.2 Å². The number of benzene rings is 2. The zero-order valence-corrected chi connectivity index (χ0v) is 21.9. The Balaban J connectivity index is 1.72. The third-order valence-electron chi connectivity index (χ3n) is 4.21. The lowest BCUT2D eigenvalue weighted by Gasteiger charge is -2.12. The number of thioether (sulfide) groups is 1. The lowest BCUT2D eigenvalue weighted by atomic mass is 10.2. The van der Waals surface area contributed by atoms with Crippen LogP contribution in [0.1, 0.15) is 12.5 Å². The van der Waals surface area contributed by atoms with Gasteiger partial charge >= 0.3 is 5.97 Å². The SMILES string of the molecule is CCOC(=O)COc1ccc(Br)cc1/C=C1/SC(=O)N(CC(=O)Nc2ccc(I)cc2)C1=O. The Morgan fingerprint density at radius 3 is 2.61 bits per heavy atom. The van der Waals surface area contributed by atoms with E-state index in [-0.39, 0.29) is 18.1 Å². The van der Waals surface area contributed by atoms with Crippen LogP contribution in [0.2, 0.25) is 0 Å². The van der Waals surface area contributed by atoms with Crippen molar-refractivity contribution >= 4 is 85.1 Å². The molecule has 1 saturated heterocycles. The molecule has 1 N–H and O–H groups in total. The first-order valence-corrected chi connectivity index (χ1v) is 12.3. The molecule has 3 amide bonds. The van der Waals surface area contributed by atoms with Crippen LogP contribution in [0.4, 0.5) is 10.5 Å². The predicted octanol–water partition coefficient (Wildman–Crippen LogP) is 4.67. The molecule has 8 nitrogen and oxygen atoms in total. The summed E-state index contributed by atoms with van der Waals surface area (Å²) in [7, 11) is 0. The smallest absolute Gasteiger partial charge is 0.344 e. The maximum atomic E-state index is 12.8. The minimum absolute atomic E-state index is 0.140. The van der Waals surface area contributed by atoms with Gasteiger partial charge in [-0.05, 0) is 89.8 Å². The van der Waals surface area contributed by atoms with Gasteiger partial charge in [-0.25, -0.2) is 4.79 Å². The average molecular weight is 645 g/mol. The predicted molar refractivity (Wildman–Crippen MR) is 137 cm³/mol. The summed E-state index contributed by atoms with van der Waals surface area (Å²) < 4.78 is 12.1. The molecule has 0 unspecified atom stereocenters. The van der Waals surface area contributed by atoms with Gasteiger partial charge in [-0.3, -0.25) is 19.3 Å². The zero-order chi connectivity index (χ0) is 24.0. The van der Waals surface area contributed by atoms with Gasteiger partial charge in [-0.1, -0.05) is 15.9 Å². The Kier molecular flexibility index (Phi) is 8.92. The van der Waals surface area contributed by atoms with Gasteiger partial charge in [0.2, 0.25) is 5.91 Å². The molecule has 172 valence electrons. The lowest BCUT2D eigenvalue weighted by Crippen LogP contribution is -2.36. The second-order valence-corrected chi connectivity index (χ2v) is 9.75. The van der Waals surface area contributed by atoms with E-state index in [1.165, 1.54) is 6.08 Å². The van der Waals surface area contributed by atoms with Gasteiger partial charge in [0.05, 0.1) is 11.5 Å². The molecule has 1 fully saturated rings. The van der Waals surface area contributed by atoms with Crippen LogP contribution in [0.25, 0.3) is 6.08 Å². The van der Waals surface area contributed by atoms with Crippen LogP contribution in [-0.2, 0) is 19.1 Å². The molecular formula is C22H18BrIN2O6S. The van der Waals surface area contributed by atoms with E-state index in [0.717, 1.165) is 20.2 Å². The van der Waals surface area contributed by atoms with Crippen molar-refractivity contribution in [3.05, 3.63) is 61.0 Å². The van der Waals surface area contributed by atoms with Crippen molar-refractivity contribution in [2.75, 3.05) is 25.1 Å². The van der Waals surface area contributed by atoms with Crippen LogP contribution in [-0.4, -0.2) is 47.7 Å². The fraction of sp³-hybridized carbons (Fsp3) is 0.182. The van der Waals surface area contributed by atoms with E-state index in [1.54, 1.807) is 37.3 Å². The fourth-order valence-corrected chi connectivity index (χ4v) is 4.33. The van der Waals surface area contributed by atoms with E-state index in [1.807, 2.05) is 12.1 Å². The van der Waals surface area contributed by atoms with Crippen LogP contribution in [0.15, 0.2) is 51.8 Å². The van der Waals surface area contributed by atoms with Crippen molar-refractivity contribution in [2.45, 2.75) is 6.92 Å². The average Bonchev–Trinajstić information content (AvgIpc) is 3.02. The highest BCUT2D eigenvalue weighted by Crippen LogP contribution is 2.34. The molecule has 33 heavy (non-hydrogen) atoms. The van der Waals surface area contributed by atoms with Gasteiger partial charge in [0.15, 0.2) is 6.61 Å². The van der Waals surface area contributed by atoms with Crippen LogP contribution in [0.5, 0.6) is 5.75 Å². The summed E-state index contributed by atoms with van der Waals surface area (Å²) in [6.45, 7) is 1.23. The first-order chi connectivity index (χ1) is 15.8. The Bertz CT molecular complexity index is 1120. The summed E-state index contributed by atoms with van der Waals surface area (Å²) in [6.07, 6.45) is 1.49. The van der Waals surface area contributed by atoms with Crippen molar-refractivity contribution in [1.82, 2.24) is 4.90 Å². The quantitative estimate of drug-likeness (QED) is 0.253. The Morgan fingerprint density at radius 2 is 1.91 bits per heavy atom. The molecule has 2 aromatic rings. The van der Waals surface area contributed by atoms with Crippen molar-refractivity contribution in [3.8, 4) is 5.75 Å². The van der Waals surface area contributed by atoms with E-state index in [4.69, 9.17) is 9.47 Å². The molecular weight excluding hydrogens is 627 g/mol. The minimum atomic E-state index is -0.584. The largest absolute Gasteiger partial charge is 0.481 e. The number of amides is 3. The first-order valence-electron chi connectivity index (χ1n) is 9.65. The molecule has 2 aromatic carbocycles. The van der Waals surface area contributed by atoms with Crippen molar-refractivity contribution in [2.24, 2.45) is 0 Å². The second-order valence-electron chi connectivity index (χ2n) is 6.60. The molecule has 0 saturated carbocycles. The van der Waals surface area contributed by atoms with Crippen LogP contribution in [0, 0.1) is 3.57 Å². The molecule has 0 aromatic heterocycles. The lowest BCUT2D eigenvalue weighted by molar-refractivity contribution is -0.145. The second kappa shape index (κ2) is 11.7. The summed E-state index contributed by atoms with van der Waals surface area (Å²) in [6, 6.07) is 12.2. The van der Waals surface area contributed by atoms with Gasteiger partial charge in [0, 0.05) is 19.3 Å². The zero-order valence-electron chi connectivity index (χ0n) is 17.3. The van der Waals surface area contributed by atoms with E-state index >= 15 is 0 Å². The molecule has 0 aliphatic carbocycles. The number of hydrogen-bond acceptors (Lipinski definition) is 7. The van der Waals surface area contributed by atoms with Crippen LogP contribution >= 0.6 is 50.3 Å². The summed E-state index contributed by atoms with van der Waals surface area (Å²) >= 11 is 6.24. The molecule has 1 heterocycles. The summed E-state index contributed by atoms with van der Waals surface area (Å²) in [5.74, 6) is -1.25. The van der Waals surface area contributed by atoms with Gasteiger partial charge in [-0.2, -0.15) is 0 Å². The Labute approximate surface area is 216 Å². The third kappa shape index (κ3) is 7.05. The van der Waals surface area contributed by atoms with Crippen molar-refractivity contribution in [1.29, 1.82) is 0 Å². The van der Waals surface area contributed by atoms with E-state index in [2.05, 4.69) is 43.8 Å². The highest BCUT2D eigenvalue weighted by molar-refractivity contribution is 14.1. The summed E-state index contributed by atoms with van der Waals surface area (Å²) in [5, 5.41) is 2.12. The maximum absolute atomic E-state index is 12.8. The number of carbonyl (C=O) groups excluding carboxylic acids is 4. The number of rotatable bonds is 8. The molecule has 3 rings (SSSR count). The topological polar surface area (TPSA) is 102 Å². The monoisotopic (exact) mass is 644 g/mol. The molecule has 1 aliphatic heterocycles. The third-order valence-corrected chi connectivity index (χ3v) is 6.33. The number of nitrogens with one attached hydrogen (secondary N) is 1. The van der Waals surface area contributed by atoms with Gasteiger partial charge < -0.3 is 14.8 Å². The number of hydrogen-bond donors (Lipinski definition) is 1. The molecule has 1 aliphatic rings. The number of halogens is 2. The Morgan fingerprint density at radius 1 is 1.18 bits per heavy atom. The van der Waals surface area contributed by atoms with Crippen molar-refractivity contribution in [3.63, 3.8) is 0 Å². The fourth-order valence-electron chi connectivity index (χ4n) is 2.76. The number of anilines is 1. The number of imide groups is 1. The number of esters is 1. The van der Waals surface area contributed by atoms with Crippen LogP contribution < -0.4 is 10.1 Å². The summed E-state index contributed by atoms with van der Waals surface area (Å²) in [4.78, 5) is 50.2. The van der Waals surface area contributed by atoms with E-state index < -0.39 is 29.6 Å². The molecule has 11 heteroatoms. The highest BCUT2D eigenvalue weighted by Gasteiger charge is 2.36. The van der Waals surface area contributed by atoms with Gasteiger partial charge in [0.1, 0.15) is 12.3 Å². The molecule has 0 spiro atoms. The maximum Gasteiger partial charge on any atom is 0.344 e. The number of nitrogens with zero attached hydrogens (tertiary/aromatic N) is 1. The highest BCUT2D eigenvalue weighted by atomic mass is 127. The first kappa shape index (κ1) is 25.2. The standard InChI is InChI=1S/C22H18BrIN2O6S/c1-2-31-20(28)12-32-17-8-3-14(23)9-13(17)10-18-21(29)26(22(30)33-18)11-19(27)25-16-6-4-15(24)5-7-16/h3-10H,2,11-12H2,1H3,(H,25,27)/b18-10+. The van der Waals surface area contributed by atoms with Gasteiger partial charge in [-0.15, -0.1) is 0 Å². The summed E-state index contributed by atoms with van der Waals surface area (Å²) in [5.41, 5.74) is 1.06. The Hall–Kier alpha value is -2.38. The van der Waals surface area contributed by atoms with Crippen molar-refractivity contribution < 1.29 is 28.7 Å². The van der Waals surface area contributed by atoms with Gasteiger partial charge in [0.25, 0.3) is 11.1 Å². The molecule has 0 atom stereocenters. The molecule has 0 radical (unpaired) electrons. The van der Waals surface area contributed by atoms with Crippen LogP contribution in [0.3, 0.4) is 0 Å². The van der Waals surface area contributed by atoms with E-state index in [0.29, 0.717) is 21.5 Å². The number of ether oxygens (including phenoxy) is 2. The number of carbonyl (C=O) groups is 4. The normalized spacial score (nSPS) is 14.5.